The fourth-order valence-corrected chi connectivity index (χ4v) is 5.08. The number of ketones is 1. The van der Waals surface area contributed by atoms with Crippen LogP contribution in [0.15, 0.2) is 35.5 Å². The minimum absolute atomic E-state index is 0.0193. The SMILES string of the molecule is CCCC=CC(=O)OC(C=CC(=O)OC1CCC2C(O)C(=O)C(=C(C)C)CC2(C)C1C)CC. The number of carbonyl (C=O) groups excluding carboxylic acids is 3. The Balaban J connectivity index is 2.03. The number of hydrogen-bond donors (Lipinski definition) is 1. The summed E-state index contributed by atoms with van der Waals surface area (Å²) in [4.78, 5) is 37.0. The van der Waals surface area contributed by atoms with Gasteiger partial charge >= 0.3 is 11.9 Å². The van der Waals surface area contributed by atoms with Crippen LogP contribution in [0.2, 0.25) is 0 Å². The lowest BCUT2D eigenvalue weighted by Crippen LogP contribution is -2.55. The summed E-state index contributed by atoms with van der Waals surface area (Å²) >= 11 is 0. The molecule has 0 aromatic carbocycles. The molecule has 6 atom stereocenters. The van der Waals surface area contributed by atoms with Crippen LogP contribution < -0.4 is 0 Å². The zero-order valence-electron chi connectivity index (χ0n) is 20.9. The summed E-state index contributed by atoms with van der Waals surface area (Å²) in [5, 5.41) is 10.7. The van der Waals surface area contributed by atoms with Crippen molar-refractivity contribution < 1.29 is 29.0 Å². The third kappa shape index (κ3) is 6.44. The highest BCUT2D eigenvalue weighted by Gasteiger charge is 2.55. The fraction of sp³-hybridized carbons (Fsp3) is 0.667. The maximum absolute atomic E-state index is 12.6. The van der Waals surface area contributed by atoms with Crippen LogP contribution in [-0.2, 0) is 23.9 Å². The first-order chi connectivity index (χ1) is 15.5. The molecule has 0 saturated heterocycles. The molecular weight excluding hydrogens is 420 g/mol. The molecule has 2 aliphatic rings. The van der Waals surface area contributed by atoms with Crippen LogP contribution in [0.25, 0.3) is 0 Å². The lowest BCUT2D eigenvalue weighted by molar-refractivity contribution is -0.164. The van der Waals surface area contributed by atoms with Crippen molar-refractivity contribution in [2.45, 2.75) is 98.4 Å². The van der Waals surface area contributed by atoms with E-state index in [1.807, 2.05) is 34.6 Å². The van der Waals surface area contributed by atoms with Gasteiger partial charge in [-0.25, -0.2) is 9.59 Å². The number of carbonyl (C=O) groups is 3. The van der Waals surface area contributed by atoms with Crippen LogP contribution in [0.4, 0.5) is 0 Å². The molecular formula is C27H40O6. The molecule has 0 aromatic rings. The largest absolute Gasteiger partial charge is 0.459 e. The van der Waals surface area contributed by atoms with Gasteiger partial charge < -0.3 is 14.6 Å². The van der Waals surface area contributed by atoms with E-state index in [0.717, 1.165) is 18.4 Å². The summed E-state index contributed by atoms with van der Waals surface area (Å²) in [5.74, 6) is -1.21. The quantitative estimate of drug-likeness (QED) is 0.411. The Morgan fingerprint density at radius 1 is 1.18 bits per heavy atom. The first kappa shape index (κ1) is 27.0. The van der Waals surface area contributed by atoms with Crippen molar-refractivity contribution in [1.82, 2.24) is 0 Å². The van der Waals surface area contributed by atoms with Gasteiger partial charge in [0.05, 0.1) is 0 Å². The predicted molar refractivity (Wildman–Crippen MR) is 127 cm³/mol. The summed E-state index contributed by atoms with van der Waals surface area (Å²) in [5.41, 5.74) is 1.29. The van der Waals surface area contributed by atoms with E-state index in [1.165, 1.54) is 12.2 Å². The number of aliphatic hydroxyl groups is 1. The van der Waals surface area contributed by atoms with Crippen LogP contribution >= 0.6 is 0 Å². The third-order valence-electron chi connectivity index (χ3n) is 7.41. The van der Waals surface area contributed by atoms with E-state index < -0.39 is 24.1 Å². The Labute approximate surface area is 198 Å². The Hall–Kier alpha value is -2.21. The molecule has 0 amide bonds. The smallest absolute Gasteiger partial charge is 0.331 e. The van der Waals surface area contributed by atoms with Gasteiger partial charge in [0.2, 0.25) is 0 Å². The molecule has 2 saturated carbocycles. The molecule has 2 aliphatic carbocycles. The van der Waals surface area contributed by atoms with Crippen molar-refractivity contribution in [2.75, 3.05) is 0 Å². The first-order valence-corrected chi connectivity index (χ1v) is 12.2. The van der Waals surface area contributed by atoms with Gasteiger partial charge in [-0.3, -0.25) is 4.79 Å². The predicted octanol–water partition coefficient (Wildman–Crippen LogP) is 4.86. The van der Waals surface area contributed by atoms with Gasteiger partial charge in [0.1, 0.15) is 18.3 Å². The number of rotatable bonds is 8. The van der Waals surface area contributed by atoms with Gasteiger partial charge in [0, 0.05) is 12.2 Å². The van der Waals surface area contributed by atoms with Gasteiger partial charge in [-0.2, -0.15) is 0 Å². The molecule has 0 spiro atoms. The first-order valence-electron chi connectivity index (χ1n) is 12.2. The highest BCUT2D eigenvalue weighted by molar-refractivity contribution is 6.00. The highest BCUT2D eigenvalue weighted by atomic mass is 16.5. The van der Waals surface area contributed by atoms with Gasteiger partial charge in [-0.05, 0) is 74.9 Å². The molecule has 1 N–H and O–H groups in total. The van der Waals surface area contributed by atoms with Crippen LogP contribution in [0.1, 0.15) is 80.1 Å². The van der Waals surface area contributed by atoms with E-state index in [1.54, 1.807) is 12.2 Å². The molecule has 6 nitrogen and oxygen atoms in total. The second-order valence-electron chi connectivity index (χ2n) is 9.85. The highest BCUT2D eigenvalue weighted by Crippen LogP contribution is 2.54. The third-order valence-corrected chi connectivity index (χ3v) is 7.41. The minimum atomic E-state index is -1.00. The van der Waals surface area contributed by atoms with Crippen molar-refractivity contribution in [3.63, 3.8) is 0 Å². The Morgan fingerprint density at radius 3 is 2.48 bits per heavy atom. The normalized spacial score (nSPS) is 30.9. The Kier molecular flexibility index (Phi) is 9.65. The molecule has 0 heterocycles. The second-order valence-corrected chi connectivity index (χ2v) is 9.85. The average Bonchev–Trinajstić information content (AvgIpc) is 2.76. The molecule has 2 rings (SSSR count). The van der Waals surface area contributed by atoms with Crippen LogP contribution in [0.3, 0.4) is 0 Å². The lowest BCUT2D eigenvalue weighted by Gasteiger charge is -2.53. The van der Waals surface area contributed by atoms with Gasteiger partial charge in [0.25, 0.3) is 0 Å². The second kappa shape index (κ2) is 11.8. The lowest BCUT2D eigenvalue weighted by atomic mass is 9.53. The number of hydrogen-bond acceptors (Lipinski definition) is 6. The number of aliphatic hydroxyl groups excluding tert-OH is 1. The molecule has 0 bridgehead atoms. The maximum atomic E-state index is 12.6. The van der Waals surface area contributed by atoms with Gasteiger partial charge in [-0.15, -0.1) is 0 Å². The summed E-state index contributed by atoms with van der Waals surface area (Å²) < 4.78 is 11.2. The minimum Gasteiger partial charge on any atom is -0.459 e. The zero-order valence-corrected chi connectivity index (χ0v) is 20.9. The van der Waals surface area contributed by atoms with Crippen molar-refractivity contribution in [2.24, 2.45) is 17.3 Å². The molecule has 6 heteroatoms. The summed E-state index contributed by atoms with van der Waals surface area (Å²) in [6.45, 7) is 11.8. The number of unbranched alkanes of at least 4 members (excludes halogenated alkanes) is 1. The van der Waals surface area contributed by atoms with Crippen molar-refractivity contribution in [3.8, 4) is 0 Å². The molecule has 2 fully saturated rings. The van der Waals surface area contributed by atoms with E-state index in [9.17, 15) is 19.5 Å². The van der Waals surface area contributed by atoms with Gasteiger partial charge in [0.15, 0.2) is 5.78 Å². The van der Waals surface area contributed by atoms with E-state index in [-0.39, 0.29) is 29.1 Å². The van der Waals surface area contributed by atoms with Crippen molar-refractivity contribution in [1.29, 1.82) is 0 Å². The van der Waals surface area contributed by atoms with E-state index in [0.29, 0.717) is 31.3 Å². The molecule has 6 unspecified atom stereocenters. The number of allylic oxidation sites excluding steroid dienone is 2. The zero-order chi connectivity index (χ0) is 24.8. The van der Waals surface area contributed by atoms with Crippen molar-refractivity contribution in [3.05, 3.63) is 35.5 Å². The van der Waals surface area contributed by atoms with E-state index >= 15 is 0 Å². The standard InChI is InChI=1S/C27H40O6/c1-7-9-10-11-23(28)32-19(8-2)12-15-24(29)33-22-14-13-21-26(31)25(30)20(17(3)4)16-27(21,6)18(22)5/h10-12,15,18-19,21-22,26,31H,7-9,13-14,16H2,1-6H3. The van der Waals surface area contributed by atoms with E-state index in [4.69, 9.17) is 9.47 Å². The Morgan fingerprint density at radius 2 is 1.88 bits per heavy atom. The number of fused-ring (bicyclic) bond motifs is 1. The van der Waals surface area contributed by atoms with Gasteiger partial charge in [-0.1, -0.05) is 45.8 Å². The van der Waals surface area contributed by atoms with Crippen LogP contribution in [-0.4, -0.2) is 41.1 Å². The molecule has 33 heavy (non-hydrogen) atoms. The maximum Gasteiger partial charge on any atom is 0.331 e. The summed E-state index contributed by atoms with van der Waals surface area (Å²) in [7, 11) is 0. The fourth-order valence-electron chi connectivity index (χ4n) is 5.08. The molecule has 0 aliphatic heterocycles. The number of Topliss-reactive ketones (excluding diaryl/α,β-unsaturated/α-hetero) is 1. The van der Waals surface area contributed by atoms with Crippen LogP contribution in [0, 0.1) is 17.3 Å². The number of ether oxygens (including phenoxy) is 2. The summed E-state index contributed by atoms with van der Waals surface area (Å²) in [6, 6.07) is 0. The average molecular weight is 461 g/mol. The summed E-state index contributed by atoms with van der Waals surface area (Å²) in [6.07, 6.45) is 8.43. The molecule has 184 valence electrons. The molecule has 0 radical (unpaired) electrons. The van der Waals surface area contributed by atoms with Crippen molar-refractivity contribution >= 4 is 17.7 Å². The Bertz CT molecular complexity index is 818. The monoisotopic (exact) mass is 460 g/mol. The van der Waals surface area contributed by atoms with E-state index in [2.05, 4.69) is 6.92 Å². The molecule has 0 aromatic heterocycles. The number of esters is 2. The van der Waals surface area contributed by atoms with Crippen LogP contribution in [0.5, 0.6) is 0 Å². The topological polar surface area (TPSA) is 89.9 Å².